The Labute approximate surface area is 424 Å². The molecule has 0 radical (unpaired) electrons. The quantitative estimate of drug-likeness (QED) is 0.0321. The normalized spacial score (nSPS) is 12.7. The molecule has 0 spiro atoms. The van der Waals surface area contributed by atoms with Gasteiger partial charge in [0, 0.05) is 12.8 Å². The van der Waals surface area contributed by atoms with Crippen LogP contribution < -0.4 is 5.32 Å². The second-order valence-electron chi connectivity index (χ2n) is 21.0. The smallest absolute Gasteiger partial charge is 0.305 e. The Morgan fingerprint density at radius 3 is 1.15 bits per heavy atom. The topological polar surface area (TPSA) is 95.9 Å². The van der Waals surface area contributed by atoms with Crippen molar-refractivity contribution in [2.24, 2.45) is 0 Å². The highest BCUT2D eigenvalue weighted by Crippen LogP contribution is 2.18. The van der Waals surface area contributed by atoms with Crippen LogP contribution in [0.4, 0.5) is 0 Å². The number of aliphatic hydroxyl groups excluding tert-OH is 2. The average molecular weight is 959 g/mol. The van der Waals surface area contributed by atoms with Crippen molar-refractivity contribution in [2.45, 2.75) is 347 Å². The third-order valence-electron chi connectivity index (χ3n) is 14.3. The predicted molar refractivity (Wildman–Crippen MR) is 296 cm³/mol. The lowest BCUT2D eigenvalue weighted by Gasteiger charge is -2.22. The molecule has 2 atom stereocenters. The molecule has 68 heavy (non-hydrogen) atoms. The summed E-state index contributed by atoms with van der Waals surface area (Å²) in [6.45, 7) is 4.94. The van der Waals surface area contributed by atoms with Crippen LogP contribution in [0.3, 0.4) is 0 Å². The molecule has 0 aliphatic rings. The lowest BCUT2D eigenvalue weighted by molar-refractivity contribution is -0.143. The number of allylic oxidation sites excluding steroid dienone is 4. The number of esters is 1. The van der Waals surface area contributed by atoms with Crippen LogP contribution >= 0.6 is 0 Å². The molecule has 0 fully saturated rings. The third kappa shape index (κ3) is 53.7. The maximum absolute atomic E-state index is 12.5. The monoisotopic (exact) mass is 958 g/mol. The fourth-order valence-corrected chi connectivity index (χ4v) is 9.55. The fraction of sp³-hybridized carbons (Fsp3) is 0.903. The van der Waals surface area contributed by atoms with Crippen molar-refractivity contribution in [2.75, 3.05) is 13.2 Å². The Morgan fingerprint density at radius 2 is 0.735 bits per heavy atom. The lowest BCUT2D eigenvalue weighted by Crippen LogP contribution is -2.45. The first-order chi connectivity index (χ1) is 33.5. The van der Waals surface area contributed by atoms with Crippen LogP contribution in [0.5, 0.6) is 0 Å². The molecule has 0 saturated carbocycles. The van der Waals surface area contributed by atoms with Gasteiger partial charge < -0.3 is 20.3 Å². The Hall–Kier alpha value is -1.66. The summed E-state index contributed by atoms with van der Waals surface area (Å²) in [6, 6.07) is -0.544. The Kier molecular flexibility index (Phi) is 56.5. The van der Waals surface area contributed by atoms with E-state index < -0.39 is 12.1 Å². The van der Waals surface area contributed by atoms with Crippen molar-refractivity contribution >= 4 is 11.9 Å². The maximum atomic E-state index is 12.5. The third-order valence-corrected chi connectivity index (χ3v) is 14.3. The van der Waals surface area contributed by atoms with E-state index in [0.717, 1.165) is 51.4 Å². The van der Waals surface area contributed by atoms with Crippen LogP contribution in [0, 0.1) is 0 Å². The molecule has 3 N–H and O–H groups in total. The van der Waals surface area contributed by atoms with Crippen molar-refractivity contribution in [3.05, 3.63) is 24.3 Å². The molecule has 2 unspecified atom stereocenters. The van der Waals surface area contributed by atoms with E-state index in [1.165, 1.54) is 250 Å². The zero-order valence-corrected chi connectivity index (χ0v) is 45.9. The van der Waals surface area contributed by atoms with E-state index in [9.17, 15) is 19.8 Å². The van der Waals surface area contributed by atoms with Gasteiger partial charge in [0.25, 0.3) is 0 Å². The molecule has 0 saturated heterocycles. The van der Waals surface area contributed by atoms with Gasteiger partial charge in [-0.05, 0) is 57.8 Å². The van der Waals surface area contributed by atoms with Crippen LogP contribution in [0.2, 0.25) is 0 Å². The number of hydrogen-bond donors (Lipinski definition) is 3. The highest BCUT2D eigenvalue weighted by atomic mass is 16.5. The number of carbonyl (C=O) groups excluding carboxylic acids is 2. The van der Waals surface area contributed by atoms with Crippen molar-refractivity contribution < 1.29 is 24.5 Å². The van der Waals surface area contributed by atoms with Gasteiger partial charge in [0.2, 0.25) is 5.91 Å². The van der Waals surface area contributed by atoms with Gasteiger partial charge >= 0.3 is 5.97 Å². The highest BCUT2D eigenvalue weighted by Gasteiger charge is 2.20. The number of amides is 1. The SMILES string of the molecule is CCCCC/C=C\C/C=C\CCCCCCCCCCCC(=O)OCCCCCCCCCCCCCCCCCCCCC(=O)NC(CO)C(O)CCCCCCCCCCCCCCCC. The van der Waals surface area contributed by atoms with E-state index in [2.05, 4.69) is 43.5 Å². The van der Waals surface area contributed by atoms with Crippen LogP contribution in [0.15, 0.2) is 24.3 Å². The Balaban J connectivity index is 3.38. The van der Waals surface area contributed by atoms with E-state index in [4.69, 9.17) is 4.74 Å². The first-order valence-electron chi connectivity index (χ1n) is 30.6. The molecule has 0 aliphatic heterocycles. The summed E-state index contributed by atoms with van der Waals surface area (Å²) in [5, 5.41) is 23.3. The van der Waals surface area contributed by atoms with Gasteiger partial charge in [-0.25, -0.2) is 0 Å². The molecule has 0 rings (SSSR count). The first-order valence-corrected chi connectivity index (χ1v) is 30.6. The van der Waals surface area contributed by atoms with E-state index in [1.54, 1.807) is 0 Å². The number of hydrogen-bond acceptors (Lipinski definition) is 5. The lowest BCUT2D eigenvalue weighted by atomic mass is 10.0. The summed E-state index contributed by atoms with van der Waals surface area (Å²) in [6.07, 6.45) is 70.3. The molecule has 6 nitrogen and oxygen atoms in total. The Morgan fingerprint density at radius 1 is 0.412 bits per heavy atom. The summed E-state index contributed by atoms with van der Waals surface area (Å²) in [5.74, 6) is -0.0335. The van der Waals surface area contributed by atoms with E-state index >= 15 is 0 Å². The number of carbonyl (C=O) groups is 2. The molecule has 6 heteroatoms. The van der Waals surface area contributed by atoms with Crippen LogP contribution in [-0.2, 0) is 14.3 Å². The number of unbranched alkanes of at least 4 members (excludes halogenated alkanes) is 42. The average Bonchev–Trinajstić information content (AvgIpc) is 3.34. The minimum atomic E-state index is -0.666. The Bertz CT molecular complexity index is 1060. The van der Waals surface area contributed by atoms with Gasteiger partial charge in [0.15, 0.2) is 0 Å². The molecular weight excluding hydrogens is 839 g/mol. The molecule has 0 bridgehead atoms. The minimum Gasteiger partial charge on any atom is -0.466 e. The molecule has 1 amide bonds. The van der Waals surface area contributed by atoms with Crippen LogP contribution in [0.1, 0.15) is 335 Å². The second-order valence-corrected chi connectivity index (χ2v) is 21.0. The maximum Gasteiger partial charge on any atom is 0.305 e. The number of nitrogens with one attached hydrogen (secondary N) is 1. The number of aliphatic hydroxyl groups is 2. The molecule has 0 aromatic heterocycles. The fourth-order valence-electron chi connectivity index (χ4n) is 9.55. The summed E-state index contributed by atoms with van der Waals surface area (Å²) in [5.41, 5.74) is 0. The summed E-state index contributed by atoms with van der Waals surface area (Å²) >= 11 is 0. The van der Waals surface area contributed by atoms with Crippen molar-refractivity contribution in [1.29, 1.82) is 0 Å². The summed E-state index contributed by atoms with van der Waals surface area (Å²) in [7, 11) is 0. The van der Waals surface area contributed by atoms with E-state index in [1.807, 2.05) is 0 Å². The van der Waals surface area contributed by atoms with Gasteiger partial charge in [-0.3, -0.25) is 9.59 Å². The standard InChI is InChI=1S/C62H119NO5/c1-3-5-7-9-11-13-15-17-19-20-21-25-28-32-36-40-44-48-52-56-62(67)68-57-53-49-45-41-37-33-29-26-23-22-24-27-31-35-39-43-47-51-55-61(66)63-59(58-64)60(65)54-50-46-42-38-34-30-18-16-14-12-10-8-6-4-2/h11,13,17,19,59-60,64-65H,3-10,12,14-16,18,20-58H2,1-2H3,(H,63,66)/b13-11-,19-17-. The minimum absolute atomic E-state index is 0.00404. The van der Waals surface area contributed by atoms with E-state index in [0.29, 0.717) is 25.9 Å². The highest BCUT2D eigenvalue weighted by molar-refractivity contribution is 5.76. The van der Waals surface area contributed by atoms with Gasteiger partial charge in [-0.2, -0.15) is 0 Å². The molecular formula is C62H119NO5. The number of rotatable bonds is 57. The summed E-state index contributed by atoms with van der Waals surface area (Å²) < 4.78 is 5.49. The van der Waals surface area contributed by atoms with Crippen molar-refractivity contribution in [3.63, 3.8) is 0 Å². The zero-order valence-electron chi connectivity index (χ0n) is 45.9. The van der Waals surface area contributed by atoms with Gasteiger partial charge in [0.1, 0.15) is 0 Å². The molecule has 0 aliphatic carbocycles. The van der Waals surface area contributed by atoms with Gasteiger partial charge in [0.05, 0.1) is 25.4 Å². The van der Waals surface area contributed by atoms with Crippen molar-refractivity contribution in [1.82, 2.24) is 5.32 Å². The zero-order chi connectivity index (χ0) is 49.3. The number of ether oxygens (including phenoxy) is 1. The molecule has 0 aromatic rings. The summed E-state index contributed by atoms with van der Waals surface area (Å²) in [4.78, 5) is 24.6. The molecule has 0 heterocycles. The van der Waals surface area contributed by atoms with Gasteiger partial charge in [-0.15, -0.1) is 0 Å². The van der Waals surface area contributed by atoms with Crippen LogP contribution in [-0.4, -0.2) is 47.4 Å². The predicted octanol–water partition coefficient (Wildman–Crippen LogP) is 19.0. The van der Waals surface area contributed by atoms with Crippen molar-refractivity contribution in [3.8, 4) is 0 Å². The van der Waals surface area contributed by atoms with Gasteiger partial charge in [-0.1, -0.05) is 289 Å². The molecule has 0 aromatic carbocycles. The first kappa shape index (κ1) is 66.3. The molecule has 402 valence electrons. The second kappa shape index (κ2) is 57.9. The van der Waals surface area contributed by atoms with Crippen LogP contribution in [0.25, 0.3) is 0 Å². The van der Waals surface area contributed by atoms with E-state index in [-0.39, 0.29) is 18.5 Å². The largest absolute Gasteiger partial charge is 0.466 e.